The summed E-state index contributed by atoms with van der Waals surface area (Å²) >= 11 is 0. The minimum Gasteiger partial charge on any atom is -0.489 e. The molecule has 0 aromatic heterocycles. The Morgan fingerprint density at radius 1 is 0.737 bits per heavy atom. The zero-order valence-corrected chi connectivity index (χ0v) is 33.1. The molecule has 3 nitrogen and oxygen atoms in total. The van der Waals surface area contributed by atoms with Crippen molar-refractivity contribution in [3.8, 4) is 0 Å². The van der Waals surface area contributed by atoms with Crippen molar-refractivity contribution in [2.75, 3.05) is 11.5 Å². The lowest BCUT2D eigenvalue weighted by molar-refractivity contribution is 0.258. The second kappa shape index (κ2) is 17.6. The van der Waals surface area contributed by atoms with E-state index in [0.717, 1.165) is 54.1 Å². The van der Waals surface area contributed by atoms with Gasteiger partial charge in [0.15, 0.2) is 0 Å². The average Bonchev–Trinajstić information content (AvgIpc) is 4.10. The monoisotopic (exact) mass is 744 g/mol. The van der Waals surface area contributed by atoms with E-state index in [-0.39, 0.29) is 11.5 Å². The molecule has 0 amide bonds. The third kappa shape index (κ3) is 8.59. The van der Waals surface area contributed by atoms with Crippen LogP contribution in [0.2, 0.25) is 0 Å². The predicted molar refractivity (Wildman–Crippen MR) is 240 cm³/mol. The average molecular weight is 745 g/mol. The standard InChI is InChI=1S/C54H52N2O/c1-3-43(44-19-17-30-52(37-34-44)56(51-27-8-4-5-9-28-51)54-39-15-14-22-47(54)41-54)21-18-40-57-53-38-35-46(32-31-42(53)2)45-20-16-29-50(36-33-45)55(48-23-10-6-11-24-48)49-25-12-7-13-26-49/h3-8,10-16,18-19,21-39,46-47H,9,17,20,40-41H2,1-2H3/b21-18?,43-3+. The van der Waals surface area contributed by atoms with E-state index in [4.69, 9.17) is 4.74 Å². The Morgan fingerprint density at radius 3 is 2.30 bits per heavy atom. The van der Waals surface area contributed by atoms with Crippen molar-refractivity contribution in [3.05, 3.63) is 252 Å². The van der Waals surface area contributed by atoms with Gasteiger partial charge in [-0.25, -0.2) is 0 Å². The molecule has 6 aliphatic carbocycles. The molecule has 0 N–H and O–H groups in total. The van der Waals surface area contributed by atoms with Gasteiger partial charge in [-0.2, -0.15) is 0 Å². The number of hydrogen-bond donors (Lipinski definition) is 0. The molecule has 3 unspecified atom stereocenters. The molecule has 3 heteroatoms. The van der Waals surface area contributed by atoms with Crippen molar-refractivity contribution in [1.29, 1.82) is 0 Å². The van der Waals surface area contributed by atoms with Crippen LogP contribution in [-0.4, -0.2) is 17.0 Å². The highest BCUT2D eigenvalue weighted by atomic mass is 16.5. The summed E-state index contributed by atoms with van der Waals surface area (Å²) in [6.45, 7) is 4.74. The molecule has 0 heterocycles. The highest BCUT2D eigenvalue weighted by molar-refractivity contribution is 5.70. The summed E-state index contributed by atoms with van der Waals surface area (Å²) in [5, 5.41) is 0. The fraction of sp³-hybridized carbons (Fsp3) is 0.185. The van der Waals surface area contributed by atoms with Crippen molar-refractivity contribution in [2.45, 2.75) is 45.1 Å². The Hall–Kier alpha value is -6.32. The van der Waals surface area contributed by atoms with E-state index in [1.807, 2.05) is 0 Å². The third-order valence-corrected chi connectivity index (χ3v) is 11.4. The third-order valence-electron chi connectivity index (χ3n) is 11.4. The lowest BCUT2D eigenvalue weighted by Crippen LogP contribution is -2.35. The maximum absolute atomic E-state index is 6.39. The van der Waals surface area contributed by atoms with E-state index in [1.54, 1.807) is 0 Å². The summed E-state index contributed by atoms with van der Waals surface area (Å²) in [5.74, 6) is 1.63. The highest BCUT2D eigenvalue weighted by Crippen LogP contribution is 2.55. The smallest absolute Gasteiger partial charge is 0.122 e. The highest BCUT2D eigenvalue weighted by Gasteiger charge is 2.56. The fourth-order valence-electron chi connectivity index (χ4n) is 8.26. The summed E-state index contributed by atoms with van der Waals surface area (Å²) in [6.07, 6.45) is 58.0. The molecule has 6 aliphatic rings. The van der Waals surface area contributed by atoms with Gasteiger partial charge in [0.25, 0.3) is 0 Å². The van der Waals surface area contributed by atoms with Crippen LogP contribution in [0.1, 0.15) is 39.5 Å². The number of fused-ring (bicyclic) bond motifs is 1. The quantitative estimate of drug-likeness (QED) is 0.201. The predicted octanol–water partition coefficient (Wildman–Crippen LogP) is 13.5. The van der Waals surface area contributed by atoms with Gasteiger partial charge in [-0.3, -0.25) is 0 Å². The second-order valence-electron chi connectivity index (χ2n) is 15.1. The first-order valence-electron chi connectivity index (χ1n) is 20.4. The molecule has 2 aromatic rings. The summed E-state index contributed by atoms with van der Waals surface area (Å²) < 4.78 is 6.39. The lowest BCUT2D eigenvalue weighted by atomic mass is 9.95. The maximum Gasteiger partial charge on any atom is 0.122 e. The molecular formula is C54H52N2O. The van der Waals surface area contributed by atoms with Crippen LogP contribution < -0.4 is 4.90 Å². The number of hydrogen-bond acceptors (Lipinski definition) is 3. The molecule has 0 saturated heterocycles. The van der Waals surface area contributed by atoms with Gasteiger partial charge in [0, 0.05) is 40.3 Å². The Morgan fingerprint density at radius 2 is 1.51 bits per heavy atom. The molecule has 284 valence electrons. The van der Waals surface area contributed by atoms with Crippen molar-refractivity contribution in [2.24, 2.45) is 11.8 Å². The number of rotatable bonds is 12. The Balaban J connectivity index is 0.910. The topological polar surface area (TPSA) is 15.7 Å². The first-order valence-corrected chi connectivity index (χ1v) is 20.4. The second-order valence-corrected chi connectivity index (χ2v) is 15.1. The van der Waals surface area contributed by atoms with Gasteiger partial charge in [0.2, 0.25) is 0 Å². The zero-order chi connectivity index (χ0) is 38.9. The SMILES string of the molecule is C/C=C(\C=CCOC1=C(C)C=CC(C2=CC=C(N(c3ccccc3)c3ccccc3)C=CC2)C=C1)C1=CCC=C(N(C2=CCC=CC=C2)C23C=CC=CC2C3)C=C1. The van der Waals surface area contributed by atoms with Gasteiger partial charge < -0.3 is 14.5 Å². The minimum atomic E-state index is 0.0162. The molecule has 3 atom stereocenters. The van der Waals surface area contributed by atoms with Crippen LogP contribution in [0, 0.1) is 11.8 Å². The number of para-hydroxylation sites is 2. The van der Waals surface area contributed by atoms with Crippen molar-refractivity contribution in [3.63, 3.8) is 0 Å². The first kappa shape index (κ1) is 37.6. The van der Waals surface area contributed by atoms with E-state index >= 15 is 0 Å². The van der Waals surface area contributed by atoms with Gasteiger partial charge in [0.05, 0.1) is 5.54 Å². The van der Waals surface area contributed by atoms with Gasteiger partial charge in [-0.1, -0.05) is 151 Å². The molecule has 8 rings (SSSR count). The maximum atomic E-state index is 6.39. The van der Waals surface area contributed by atoms with Crippen LogP contribution >= 0.6 is 0 Å². The van der Waals surface area contributed by atoms with Gasteiger partial charge in [-0.15, -0.1) is 0 Å². The lowest BCUT2D eigenvalue weighted by Gasteiger charge is -2.35. The van der Waals surface area contributed by atoms with Gasteiger partial charge >= 0.3 is 0 Å². The summed E-state index contributed by atoms with van der Waals surface area (Å²) in [7, 11) is 0. The van der Waals surface area contributed by atoms with Crippen LogP contribution in [0.25, 0.3) is 0 Å². The Kier molecular flexibility index (Phi) is 11.6. The normalized spacial score (nSPS) is 23.8. The van der Waals surface area contributed by atoms with Crippen LogP contribution in [-0.2, 0) is 4.74 Å². The number of ether oxygens (including phenoxy) is 1. The molecule has 0 spiro atoms. The number of nitrogens with zero attached hydrogens (tertiary/aromatic N) is 2. The summed E-state index contributed by atoms with van der Waals surface area (Å²) in [5.41, 5.74) is 10.8. The van der Waals surface area contributed by atoms with Crippen LogP contribution in [0.4, 0.5) is 11.4 Å². The fourth-order valence-corrected chi connectivity index (χ4v) is 8.26. The number of anilines is 2. The zero-order valence-electron chi connectivity index (χ0n) is 33.1. The van der Waals surface area contributed by atoms with E-state index < -0.39 is 0 Å². The molecule has 0 radical (unpaired) electrons. The van der Waals surface area contributed by atoms with Crippen LogP contribution in [0.3, 0.4) is 0 Å². The van der Waals surface area contributed by atoms with Crippen molar-refractivity contribution in [1.82, 2.24) is 4.90 Å². The Labute approximate surface area is 339 Å². The van der Waals surface area contributed by atoms with Crippen LogP contribution in [0.15, 0.2) is 252 Å². The molecule has 2 aromatic carbocycles. The van der Waals surface area contributed by atoms with Gasteiger partial charge in [-0.05, 0) is 117 Å². The van der Waals surface area contributed by atoms with E-state index in [0.29, 0.717) is 12.5 Å². The van der Waals surface area contributed by atoms with Crippen molar-refractivity contribution < 1.29 is 4.74 Å². The Bertz CT molecular complexity index is 2280. The summed E-state index contributed by atoms with van der Waals surface area (Å²) in [4.78, 5) is 4.89. The number of allylic oxidation sites excluding steroid dienone is 25. The van der Waals surface area contributed by atoms with E-state index in [2.05, 4.69) is 230 Å². The molecule has 1 fully saturated rings. The van der Waals surface area contributed by atoms with E-state index in [9.17, 15) is 0 Å². The van der Waals surface area contributed by atoms with Crippen molar-refractivity contribution >= 4 is 11.4 Å². The molecule has 0 aliphatic heterocycles. The summed E-state index contributed by atoms with van der Waals surface area (Å²) in [6, 6.07) is 21.1. The molecule has 0 bridgehead atoms. The minimum absolute atomic E-state index is 0.0162. The molecular weight excluding hydrogens is 693 g/mol. The largest absolute Gasteiger partial charge is 0.489 e. The van der Waals surface area contributed by atoms with Crippen LogP contribution in [0.5, 0.6) is 0 Å². The first-order chi connectivity index (χ1) is 28.1. The van der Waals surface area contributed by atoms with E-state index in [1.165, 1.54) is 28.1 Å². The van der Waals surface area contributed by atoms with Gasteiger partial charge in [0.1, 0.15) is 12.4 Å². The molecule has 57 heavy (non-hydrogen) atoms. The molecule has 1 saturated carbocycles. The number of benzene rings is 2.